The lowest BCUT2D eigenvalue weighted by Gasteiger charge is -2.45. The van der Waals surface area contributed by atoms with Crippen molar-refractivity contribution in [2.75, 3.05) is 26.2 Å². The van der Waals surface area contributed by atoms with Gasteiger partial charge < -0.3 is 20.7 Å². The van der Waals surface area contributed by atoms with Gasteiger partial charge in [0.25, 0.3) is 0 Å². The third-order valence-electron chi connectivity index (χ3n) is 8.11. The molecule has 9 heteroatoms. The Balaban J connectivity index is 1.32. The van der Waals surface area contributed by atoms with Crippen LogP contribution in [0.3, 0.4) is 0 Å². The monoisotopic (exact) mass is 476 g/mol. The molecule has 2 saturated heterocycles. The highest BCUT2D eigenvalue weighted by atomic mass is 19.3. The first-order valence-corrected chi connectivity index (χ1v) is 12.5. The number of nitrogens with one attached hydrogen (secondary N) is 1. The van der Waals surface area contributed by atoms with Crippen LogP contribution in [-0.4, -0.2) is 71.9 Å². The van der Waals surface area contributed by atoms with Crippen molar-refractivity contribution in [1.82, 2.24) is 15.1 Å². The molecular formula is C25H34F2N4O3. The highest BCUT2D eigenvalue weighted by molar-refractivity contribution is 5.90. The lowest BCUT2D eigenvalue weighted by atomic mass is 9.81. The Morgan fingerprint density at radius 3 is 2.68 bits per heavy atom. The normalized spacial score (nSPS) is 30.1. The lowest BCUT2D eigenvalue weighted by molar-refractivity contribution is -0.148. The van der Waals surface area contributed by atoms with Crippen LogP contribution in [0.1, 0.15) is 56.6 Å². The first-order chi connectivity index (χ1) is 16.3. The van der Waals surface area contributed by atoms with Crippen LogP contribution >= 0.6 is 0 Å². The fourth-order valence-electron chi connectivity index (χ4n) is 6.06. The fourth-order valence-corrected chi connectivity index (χ4v) is 6.06. The second-order valence-corrected chi connectivity index (χ2v) is 10.3. The number of alkyl halides is 2. The molecule has 0 unspecified atom stereocenters. The molecule has 5 rings (SSSR count). The Hall–Kier alpha value is -2.26. The molecule has 0 radical (unpaired) electrons. The highest BCUT2D eigenvalue weighted by Crippen LogP contribution is 2.38. The number of carbonyl (C=O) groups excluding carboxylic acids is 2. The van der Waals surface area contributed by atoms with Crippen LogP contribution in [0.2, 0.25) is 0 Å². The second kappa shape index (κ2) is 9.41. The van der Waals surface area contributed by atoms with Gasteiger partial charge in [-0.1, -0.05) is 18.2 Å². The predicted octanol–water partition coefficient (Wildman–Crippen LogP) is 2.45. The molecule has 1 aromatic carbocycles. The van der Waals surface area contributed by atoms with Crippen molar-refractivity contribution in [3.63, 3.8) is 0 Å². The summed E-state index contributed by atoms with van der Waals surface area (Å²) < 4.78 is 33.0. The van der Waals surface area contributed by atoms with Crippen LogP contribution in [0.25, 0.3) is 0 Å². The number of carbonyl (C=O) groups is 2. The molecule has 34 heavy (non-hydrogen) atoms. The average Bonchev–Trinajstić information content (AvgIpc) is 3.30. The third kappa shape index (κ3) is 4.64. The van der Waals surface area contributed by atoms with Crippen LogP contribution in [0.5, 0.6) is 5.75 Å². The van der Waals surface area contributed by atoms with Gasteiger partial charge in [-0.05, 0) is 44.2 Å². The van der Waals surface area contributed by atoms with Gasteiger partial charge in [-0.2, -0.15) is 0 Å². The minimum absolute atomic E-state index is 0.181. The molecule has 4 aliphatic rings. The van der Waals surface area contributed by atoms with Gasteiger partial charge in [0.1, 0.15) is 11.8 Å². The average molecular weight is 477 g/mol. The maximum absolute atomic E-state index is 13.6. The fraction of sp³-hybridized carbons (Fsp3) is 0.680. The van der Waals surface area contributed by atoms with Gasteiger partial charge in [0.2, 0.25) is 17.7 Å². The molecule has 3 aliphatic heterocycles. The molecule has 1 saturated carbocycles. The molecule has 3 fully saturated rings. The summed E-state index contributed by atoms with van der Waals surface area (Å²) in [5, 5.41) is 3.16. The van der Waals surface area contributed by atoms with E-state index in [1.165, 1.54) is 0 Å². The van der Waals surface area contributed by atoms with Crippen LogP contribution < -0.4 is 15.8 Å². The van der Waals surface area contributed by atoms with Crippen molar-refractivity contribution >= 4 is 11.8 Å². The zero-order valence-electron chi connectivity index (χ0n) is 19.4. The molecule has 7 nitrogen and oxygen atoms in total. The number of halogens is 2. The number of amides is 2. The SMILES string of the molecule is N[C@H](C(=O)N1C[C@H]2CCCN2C[C@H]1C(=O)N[C@@H]1CCOc2ccccc21)C1CCC(F)(F)CC1. The summed E-state index contributed by atoms with van der Waals surface area (Å²) in [5.74, 6) is -2.65. The van der Waals surface area contributed by atoms with Gasteiger partial charge >= 0.3 is 0 Å². The van der Waals surface area contributed by atoms with Gasteiger partial charge in [-0.3, -0.25) is 14.5 Å². The van der Waals surface area contributed by atoms with E-state index in [0.717, 1.165) is 30.7 Å². The van der Waals surface area contributed by atoms with Crippen LogP contribution in [0.4, 0.5) is 8.78 Å². The third-order valence-corrected chi connectivity index (χ3v) is 8.11. The molecule has 3 N–H and O–H groups in total. The number of nitrogens with zero attached hydrogens (tertiary/aromatic N) is 2. The molecule has 1 aliphatic carbocycles. The van der Waals surface area contributed by atoms with Crippen molar-refractivity contribution in [2.24, 2.45) is 11.7 Å². The number of para-hydroxylation sites is 1. The summed E-state index contributed by atoms with van der Waals surface area (Å²) in [5.41, 5.74) is 7.30. The number of rotatable bonds is 4. The first kappa shape index (κ1) is 23.5. The topological polar surface area (TPSA) is 87.9 Å². The standard InChI is InChI=1S/C25H34F2N4O3/c26-25(27)10-7-16(8-11-25)22(28)24(33)31-14-17-4-3-12-30(17)15-20(31)23(32)29-19-9-13-34-21-6-2-1-5-18(19)21/h1-2,5-6,16-17,19-20,22H,3-4,7-15,28H2,(H,29,32)/t17-,19-,20+,22+/m1/s1. The number of hydrogen-bond acceptors (Lipinski definition) is 5. The first-order valence-electron chi connectivity index (χ1n) is 12.5. The number of fused-ring (bicyclic) bond motifs is 2. The van der Waals surface area contributed by atoms with Gasteiger partial charge in [0.15, 0.2) is 0 Å². The van der Waals surface area contributed by atoms with Crippen LogP contribution in [0, 0.1) is 5.92 Å². The van der Waals surface area contributed by atoms with Crippen LogP contribution in [0.15, 0.2) is 24.3 Å². The second-order valence-electron chi connectivity index (χ2n) is 10.3. The van der Waals surface area contributed by atoms with Crippen molar-refractivity contribution in [2.45, 2.75) is 75.0 Å². The number of hydrogen-bond donors (Lipinski definition) is 2. The van der Waals surface area contributed by atoms with Crippen LogP contribution in [-0.2, 0) is 9.59 Å². The number of piperazine rings is 1. The quantitative estimate of drug-likeness (QED) is 0.697. The van der Waals surface area contributed by atoms with E-state index in [2.05, 4.69) is 10.2 Å². The molecule has 3 heterocycles. The zero-order valence-corrected chi connectivity index (χ0v) is 19.4. The molecule has 186 valence electrons. The minimum atomic E-state index is -2.67. The molecule has 0 spiro atoms. The van der Waals surface area contributed by atoms with Crippen molar-refractivity contribution in [1.29, 1.82) is 0 Å². The van der Waals surface area contributed by atoms with Crippen molar-refractivity contribution in [3.8, 4) is 5.75 Å². The molecule has 1 aromatic rings. The Kier molecular flexibility index (Phi) is 6.50. The zero-order chi connectivity index (χ0) is 23.9. The molecule has 4 atom stereocenters. The Morgan fingerprint density at radius 2 is 1.88 bits per heavy atom. The maximum Gasteiger partial charge on any atom is 0.248 e. The summed E-state index contributed by atoms with van der Waals surface area (Å²) in [6, 6.07) is 6.21. The summed E-state index contributed by atoms with van der Waals surface area (Å²) in [6.45, 7) is 2.36. The Morgan fingerprint density at radius 1 is 1.12 bits per heavy atom. The van der Waals surface area contributed by atoms with Crippen molar-refractivity contribution < 1.29 is 23.1 Å². The minimum Gasteiger partial charge on any atom is -0.493 e. The van der Waals surface area contributed by atoms with E-state index >= 15 is 0 Å². The number of ether oxygens (including phenoxy) is 1. The van der Waals surface area contributed by atoms with Gasteiger partial charge in [0.05, 0.1) is 18.7 Å². The molecule has 2 amide bonds. The molecular weight excluding hydrogens is 442 g/mol. The van der Waals surface area contributed by atoms with E-state index in [1.54, 1.807) is 4.90 Å². The summed E-state index contributed by atoms with van der Waals surface area (Å²) >= 11 is 0. The number of benzene rings is 1. The Labute approximate surface area is 199 Å². The number of nitrogens with two attached hydrogens (primary N) is 1. The lowest BCUT2D eigenvalue weighted by Crippen LogP contribution is -2.65. The smallest absolute Gasteiger partial charge is 0.248 e. The summed E-state index contributed by atoms with van der Waals surface area (Å²) in [4.78, 5) is 31.0. The van der Waals surface area contributed by atoms with Crippen molar-refractivity contribution in [3.05, 3.63) is 29.8 Å². The maximum atomic E-state index is 13.6. The van der Waals surface area contributed by atoms with E-state index < -0.39 is 18.0 Å². The van der Waals surface area contributed by atoms with E-state index in [0.29, 0.717) is 26.1 Å². The predicted molar refractivity (Wildman–Crippen MR) is 122 cm³/mol. The van der Waals surface area contributed by atoms with E-state index in [-0.39, 0.29) is 55.5 Å². The van der Waals surface area contributed by atoms with Gasteiger partial charge in [-0.15, -0.1) is 0 Å². The largest absolute Gasteiger partial charge is 0.493 e. The van der Waals surface area contributed by atoms with Gasteiger partial charge in [-0.25, -0.2) is 8.78 Å². The highest BCUT2D eigenvalue weighted by Gasteiger charge is 2.45. The summed E-state index contributed by atoms with van der Waals surface area (Å²) in [6.07, 6.45) is 2.68. The molecule has 0 bridgehead atoms. The van der Waals surface area contributed by atoms with E-state index in [9.17, 15) is 18.4 Å². The van der Waals surface area contributed by atoms with E-state index in [4.69, 9.17) is 10.5 Å². The van der Waals surface area contributed by atoms with Gasteiger partial charge in [0, 0.05) is 44.0 Å². The summed E-state index contributed by atoms with van der Waals surface area (Å²) in [7, 11) is 0. The Bertz CT molecular complexity index is 919. The molecule has 0 aromatic heterocycles. The van der Waals surface area contributed by atoms with E-state index in [1.807, 2.05) is 24.3 Å².